The van der Waals surface area contributed by atoms with E-state index in [1.54, 1.807) is 0 Å². The molecule has 24 heavy (non-hydrogen) atoms. The molecule has 0 bridgehead atoms. The quantitative estimate of drug-likeness (QED) is 0.618. The van der Waals surface area contributed by atoms with Crippen LogP contribution in [-0.2, 0) is 19.5 Å². The van der Waals surface area contributed by atoms with Crippen molar-refractivity contribution < 1.29 is 25.8 Å². The van der Waals surface area contributed by atoms with Crippen molar-refractivity contribution in [1.82, 2.24) is 4.57 Å². The van der Waals surface area contributed by atoms with Gasteiger partial charge in [0.05, 0.1) is 13.0 Å². The third-order valence-corrected chi connectivity index (χ3v) is 4.40. The molecule has 1 aromatic heterocycles. The van der Waals surface area contributed by atoms with Crippen molar-refractivity contribution in [2.45, 2.75) is 25.9 Å². The largest absolute Gasteiger partial charge is 1.00 e. The highest BCUT2D eigenvalue weighted by Crippen LogP contribution is 2.25. The van der Waals surface area contributed by atoms with Crippen molar-refractivity contribution >= 4 is 0 Å². The van der Waals surface area contributed by atoms with Crippen LogP contribution in [0.3, 0.4) is 0 Å². The number of benzene rings is 2. The van der Waals surface area contributed by atoms with Gasteiger partial charge in [0.15, 0.2) is 5.69 Å². The first kappa shape index (κ1) is 16.7. The van der Waals surface area contributed by atoms with E-state index in [1.165, 1.54) is 30.1 Å². The zero-order chi connectivity index (χ0) is 15.8. The molecule has 1 aliphatic rings. The fraction of sp³-hybridized carbons (Fsp3) is 0.211. The number of fused-ring (bicyclic) bond motifs is 1. The summed E-state index contributed by atoms with van der Waals surface area (Å²) in [5, 5.41) is 0. The predicted molar refractivity (Wildman–Crippen MR) is 83.8 cm³/mol. The molecule has 0 amide bonds. The summed E-state index contributed by atoms with van der Waals surface area (Å²) in [6.45, 7) is 1.70. The average Bonchev–Trinajstić information content (AvgIpc) is 3.14. The number of hydrogen-bond acceptors (Lipinski definition) is 0. The maximum Gasteiger partial charge on any atom is 0.257 e. The topological polar surface area (TPSA) is 8.81 Å². The lowest BCUT2D eigenvalue weighted by atomic mass is 10.1. The molecule has 5 heteroatoms. The Balaban J connectivity index is 0.00000169. The van der Waals surface area contributed by atoms with E-state index in [0.717, 1.165) is 42.8 Å². The number of aromatic nitrogens is 2. The van der Waals surface area contributed by atoms with Crippen molar-refractivity contribution in [3.63, 3.8) is 0 Å². The van der Waals surface area contributed by atoms with Gasteiger partial charge < -0.3 is 12.4 Å². The molecule has 0 spiro atoms. The van der Waals surface area contributed by atoms with E-state index in [9.17, 15) is 8.78 Å². The summed E-state index contributed by atoms with van der Waals surface area (Å²) in [6, 6.07) is 13.2. The van der Waals surface area contributed by atoms with Crippen LogP contribution in [0.15, 0.2) is 54.7 Å². The number of hydrogen-bond donors (Lipinski definition) is 0. The highest BCUT2D eigenvalue weighted by atomic mass is 35.5. The van der Waals surface area contributed by atoms with Crippen molar-refractivity contribution in [3.8, 4) is 11.3 Å². The van der Waals surface area contributed by atoms with E-state index in [4.69, 9.17) is 0 Å². The van der Waals surface area contributed by atoms with Crippen LogP contribution < -0.4 is 17.0 Å². The van der Waals surface area contributed by atoms with E-state index in [1.807, 2.05) is 24.3 Å². The first-order chi connectivity index (χ1) is 11.2. The van der Waals surface area contributed by atoms with Crippen LogP contribution >= 0.6 is 0 Å². The monoisotopic (exact) mass is 346 g/mol. The van der Waals surface area contributed by atoms with Gasteiger partial charge in [0.25, 0.3) is 5.82 Å². The van der Waals surface area contributed by atoms with Crippen LogP contribution in [-0.4, -0.2) is 4.57 Å². The molecular weight excluding hydrogens is 330 g/mol. The van der Waals surface area contributed by atoms with Crippen molar-refractivity contribution in [1.29, 1.82) is 0 Å². The van der Waals surface area contributed by atoms with E-state index in [-0.39, 0.29) is 24.0 Å². The Morgan fingerprint density at radius 1 is 0.917 bits per heavy atom. The summed E-state index contributed by atoms with van der Waals surface area (Å²) in [5.41, 5.74) is 3.20. The Kier molecular flexibility index (Phi) is 4.67. The summed E-state index contributed by atoms with van der Waals surface area (Å²) in [5.74, 6) is 0.836. The SMILES string of the molecule is Fc1ccc(C[n+]2cc(-c3ccc(F)cc3)n3c2CCC3)cc1.[Cl-]. The Morgan fingerprint density at radius 2 is 1.54 bits per heavy atom. The smallest absolute Gasteiger partial charge is 0.257 e. The second-order valence-corrected chi connectivity index (χ2v) is 5.95. The second-order valence-electron chi connectivity index (χ2n) is 5.95. The van der Waals surface area contributed by atoms with E-state index < -0.39 is 0 Å². The molecule has 3 aromatic rings. The summed E-state index contributed by atoms with van der Waals surface area (Å²) >= 11 is 0. The maximum atomic E-state index is 13.2. The third-order valence-electron chi connectivity index (χ3n) is 4.40. The van der Waals surface area contributed by atoms with Gasteiger partial charge in [0, 0.05) is 5.56 Å². The summed E-state index contributed by atoms with van der Waals surface area (Å²) < 4.78 is 30.7. The zero-order valence-electron chi connectivity index (χ0n) is 13.1. The van der Waals surface area contributed by atoms with Crippen LogP contribution in [0.5, 0.6) is 0 Å². The molecule has 1 aliphatic heterocycles. The van der Waals surface area contributed by atoms with Crippen molar-refractivity contribution in [3.05, 3.63) is 77.8 Å². The highest BCUT2D eigenvalue weighted by Gasteiger charge is 2.28. The van der Waals surface area contributed by atoms with Crippen LogP contribution in [0.1, 0.15) is 17.8 Å². The van der Waals surface area contributed by atoms with Gasteiger partial charge in [-0.15, -0.1) is 0 Å². The fourth-order valence-corrected chi connectivity index (χ4v) is 3.28. The Labute approximate surface area is 145 Å². The molecular formula is C19H17ClF2N2. The normalized spacial score (nSPS) is 12.8. The molecule has 2 nitrogen and oxygen atoms in total. The molecule has 0 fully saturated rings. The summed E-state index contributed by atoms with van der Waals surface area (Å²) in [4.78, 5) is 0. The Hall–Kier alpha value is -2.20. The zero-order valence-corrected chi connectivity index (χ0v) is 13.8. The lowest BCUT2D eigenvalue weighted by molar-refractivity contribution is -0.694. The van der Waals surface area contributed by atoms with E-state index in [0.29, 0.717) is 0 Å². The molecule has 0 unspecified atom stereocenters. The van der Waals surface area contributed by atoms with Crippen LogP contribution in [0, 0.1) is 11.6 Å². The molecule has 0 radical (unpaired) electrons. The molecule has 0 atom stereocenters. The van der Waals surface area contributed by atoms with Crippen LogP contribution in [0.2, 0.25) is 0 Å². The fourth-order valence-electron chi connectivity index (χ4n) is 3.28. The van der Waals surface area contributed by atoms with Gasteiger partial charge in [-0.2, -0.15) is 0 Å². The van der Waals surface area contributed by atoms with Gasteiger partial charge in [-0.1, -0.05) is 12.1 Å². The van der Waals surface area contributed by atoms with Gasteiger partial charge in [-0.3, -0.25) is 0 Å². The number of rotatable bonds is 3. The summed E-state index contributed by atoms with van der Waals surface area (Å²) in [7, 11) is 0. The number of nitrogens with zero attached hydrogens (tertiary/aromatic N) is 2. The molecule has 0 saturated heterocycles. The van der Waals surface area contributed by atoms with Gasteiger partial charge >= 0.3 is 0 Å². The standard InChI is InChI=1S/C19H17F2N2.ClH/c20-16-7-3-14(4-8-16)12-22-13-18(23-11-1-2-19(22)23)15-5-9-17(21)10-6-15;/h3-10,13H,1-2,11-12H2;1H/q+1;/p-1. The van der Waals surface area contributed by atoms with Crippen molar-refractivity contribution in [2.75, 3.05) is 0 Å². The average molecular weight is 347 g/mol. The van der Waals surface area contributed by atoms with Gasteiger partial charge in [-0.05, 0) is 48.4 Å². The highest BCUT2D eigenvalue weighted by molar-refractivity contribution is 5.58. The van der Waals surface area contributed by atoms with Gasteiger partial charge in [0.1, 0.15) is 24.4 Å². The molecule has 2 aromatic carbocycles. The number of imidazole rings is 1. The van der Waals surface area contributed by atoms with Gasteiger partial charge in [-0.25, -0.2) is 17.9 Å². The van der Waals surface area contributed by atoms with Gasteiger partial charge in [0.2, 0.25) is 0 Å². The Bertz CT molecular complexity index is 839. The lowest BCUT2D eigenvalue weighted by Gasteiger charge is -1.99. The molecule has 4 rings (SSSR count). The molecule has 0 saturated carbocycles. The second kappa shape index (κ2) is 6.73. The first-order valence-corrected chi connectivity index (χ1v) is 7.83. The molecule has 0 aliphatic carbocycles. The molecule has 0 N–H and O–H groups in total. The predicted octanol–water partition coefficient (Wildman–Crippen LogP) is 0.719. The molecule has 124 valence electrons. The van der Waals surface area contributed by atoms with E-state index in [2.05, 4.69) is 15.3 Å². The number of halogens is 3. The van der Waals surface area contributed by atoms with E-state index >= 15 is 0 Å². The first-order valence-electron chi connectivity index (χ1n) is 7.83. The lowest BCUT2D eigenvalue weighted by Crippen LogP contribution is -3.00. The van der Waals surface area contributed by atoms with Crippen LogP contribution in [0.25, 0.3) is 11.3 Å². The van der Waals surface area contributed by atoms with Crippen LogP contribution in [0.4, 0.5) is 8.78 Å². The minimum Gasteiger partial charge on any atom is -1.00 e. The summed E-state index contributed by atoms with van der Waals surface area (Å²) in [6.07, 6.45) is 4.27. The molecule has 2 heterocycles. The minimum absolute atomic E-state index is 0. The van der Waals surface area contributed by atoms with Crippen molar-refractivity contribution in [2.24, 2.45) is 0 Å². The Morgan fingerprint density at radius 3 is 2.21 bits per heavy atom. The minimum atomic E-state index is -0.221. The maximum absolute atomic E-state index is 13.2. The third kappa shape index (κ3) is 3.06.